The number of hydrogen-bond acceptors (Lipinski definition) is 3. The molecule has 5 heteroatoms. The Morgan fingerprint density at radius 3 is 2.62 bits per heavy atom. The molecule has 0 aliphatic rings. The minimum absolute atomic E-state index is 0.230. The Morgan fingerprint density at radius 1 is 1.04 bits per heavy atom. The van der Waals surface area contributed by atoms with E-state index in [1.807, 2.05) is 73.7 Å². The molecular weight excluding hydrogens is 326 g/mol. The minimum atomic E-state index is -0.230. The second kappa shape index (κ2) is 8.67. The molecule has 0 unspecified atom stereocenters. The van der Waals surface area contributed by atoms with Crippen molar-refractivity contribution in [2.75, 3.05) is 5.32 Å². The number of aromatic nitrogens is 1. The number of rotatable bonds is 6. The first-order valence-electron chi connectivity index (χ1n) is 8.42. The van der Waals surface area contributed by atoms with Gasteiger partial charge in [-0.25, -0.2) is 4.79 Å². The van der Waals surface area contributed by atoms with Gasteiger partial charge in [0.2, 0.25) is 0 Å². The number of carbonyl (C=O) groups excluding carboxylic acids is 1. The Labute approximate surface area is 153 Å². The van der Waals surface area contributed by atoms with Gasteiger partial charge < -0.3 is 15.4 Å². The van der Waals surface area contributed by atoms with Crippen molar-refractivity contribution >= 4 is 11.7 Å². The van der Waals surface area contributed by atoms with Crippen LogP contribution in [-0.4, -0.2) is 11.0 Å². The zero-order valence-electron chi connectivity index (χ0n) is 14.6. The van der Waals surface area contributed by atoms with E-state index in [0.717, 1.165) is 28.3 Å². The number of benzene rings is 2. The largest absolute Gasteiger partial charge is 0.487 e. The van der Waals surface area contributed by atoms with E-state index >= 15 is 0 Å². The Kier molecular flexibility index (Phi) is 5.83. The Hall–Kier alpha value is -3.34. The number of ether oxygens (including phenoxy) is 1. The molecule has 3 rings (SSSR count). The molecule has 3 aromatic rings. The average Bonchev–Trinajstić information content (AvgIpc) is 2.66. The monoisotopic (exact) mass is 347 g/mol. The summed E-state index contributed by atoms with van der Waals surface area (Å²) < 4.78 is 5.70. The first-order chi connectivity index (χ1) is 12.7. The summed E-state index contributed by atoms with van der Waals surface area (Å²) in [6.07, 6.45) is 1.75. The predicted octanol–water partition coefficient (Wildman–Crippen LogP) is 4.29. The highest BCUT2D eigenvalue weighted by Crippen LogP contribution is 2.14. The number of pyridine rings is 1. The number of hydrogen-bond donors (Lipinski definition) is 2. The van der Waals surface area contributed by atoms with Gasteiger partial charge >= 0.3 is 6.03 Å². The molecule has 26 heavy (non-hydrogen) atoms. The second-order valence-corrected chi connectivity index (χ2v) is 5.93. The maximum atomic E-state index is 12.0. The van der Waals surface area contributed by atoms with E-state index < -0.39 is 0 Å². The summed E-state index contributed by atoms with van der Waals surface area (Å²) in [7, 11) is 0. The summed E-state index contributed by atoms with van der Waals surface area (Å²) in [6, 6.07) is 20.8. The van der Waals surface area contributed by atoms with Crippen LogP contribution in [0.3, 0.4) is 0 Å². The first kappa shape index (κ1) is 17.5. The number of carbonyl (C=O) groups is 1. The number of aryl methyl sites for hydroxylation is 1. The van der Waals surface area contributed by atoms with Gasteiger partial charge in [0.25, 0.3) is 0 Å². The molecule has 0 bridgehead atoms. The van der Waals surface area contributed by atoms with Gasteiger partial charge in [0.15, 0.2) is 0 Å². The predicted molar refractivity (Wildman–Crippen MR) is 102 cm³/mol. The van der Waals surface area contributed by atoms with E-state index in [4.69, 9.17) is 4.74 Å². The molecule has 1 aromatic heterocycles. The van der Waals surface area contributed by atoms with E-state index in [9.17, 15) is 4.79 Å². The SMILES string of the molecule is Cc1cccc(NC(=O)NCc2ccc(OCc3ccccn3)cc2)c1. The summed E-state index contributed by atoms with van der Waals surface area (Å²) in [5, 5.41) is 5.66. The number of nitrogens with zero attached hydrogens (tertiary/aromatic N) is 1. The summed E-state index contributed by atoms with van der Waals surface area (Å²) in [6.45, 7) is 2.86. The van der Waals surface area contributed by atoms with Crippen molar-refractivity contribution in [3.8, 4) is 5.75 Å². The van der Waals surface area contributed by atoms with Crippen molar-refractivity contribution in [3.05, 3.63) is 89.7 Å². The fourth-order valence-corrected chi connectivity index (χ4v) is 2.42. The summed E-state index contributed by atoms with van der Waals surface area (Å²) >= 11 is 0. The van der Waals surface area contributed by atoms with Crippen LogP contribution in [0.2, 0.25) is 0 Å². The maximum Gasteiger partial charge on any atom is 0.319 e. The molecular formula is C21H21N3O2. The van der Waals surface area contributed by atoms with Crippen LogP contribution in [0.1, 0.15) is 16.8 Å². The lowest BCUT2D eigenvalue weighted by atomic mass is 10.2. The van der Waals surface area contributed by atoms with Crippen LogP contribution < -0.4 is 15.4 Å². The van der Waals surface area contributed by atoms with Crippen molar-refractivity contribution in [1.29, 1.82) is 0 Å². The Morgan fingerprint density at radius 2 is 1.88 bits per heavy atom. The normalized spacial score (nSPS) is 10.2. The van der Waals surface area contributed by atoms with E-state index in [1.54, 1.807) is 6.20 Å². The number of nitrogens with one attached hydrogen (secondary N) is 2. The number of anilines is 1. The molecule has 0 spiro atoms. The Bertz CT molecular complexity index is 849. The molecule has 0 aliphatic carbocycles. The van der Waals surface area contributed by atoms with E-state index in [1.165, 1.54) is 0 Å². The van der Waals surface area contributed by atoms with Crippen LogP contribution in [0.25, 0.3) is 0 Å². The standard InChI is InChI=1S/C21H21N3O2/c1-16-5-4-7-18(13-16)24-21(25)23-14-17-8-10-20(11-9-17)26-15-19-6-2-3-12-22-19/h2-13H,14-15H2,1H3,(H2,23,24,25). The molecule has 0 fully saturated rings. The van der Waals surface area contributed by atoms with Crippen molar-refractivity contribution in [2.45, 2.75) is 20.1 Å². The molecule has 2 aromatic carbocycles. The van der Waals surface area contributed by atoms with E-state index in [-0.39, 0.29) is 6.03 Å². The number of amides is 2. The second-order valence-electron chi connectivity index (χ2n) is 5.93. The van der Waals surface area contributed by atoms with Gasteiger partial charge in [-0.2, -0.15) is 0 Å². The highest BCUT2D eigenvalue weighted by molar-refractivity contribution is 5.89. The lowest BCUT2D eigenvalue weighted by Gasteiger charge is -2.09. The average molecular weight is 347 g/mol. The van der Waals surface area contributed by atoms with Crippen LogP contribution in [0.4, 0.5) is 10.5 Å². The van der Waals surface area contributed by atoms with Gasteiger partial charge in [-0.15, -0.1) is 0 Å². The van der Waals surface area contributed by atoms with Crippen molar-refractivity contribution < 1.29 is 9.53 Å². The summed E-state index contributed by atoms with van der Waals surface area (Å²) in [5.74, 6) is 0.767. The van der Waals surface area contributed by atoms with E-state index in [0.29, 0.717) is 13.2 Å². The van der Waals surface area contributed by atoms with Gasteiger partial charge in [-0.05, 0) is 54.4 Å². The van der Waals surface area contributed by atoms with Gasteiger partial charge in [0, 0.05) is 18.4 Å². The van der Waals surface area contributed by atoms with Crippen LogP contribution >= 0.6 is 0 Å². The van der Waals surface area contributed by atoms with Gasteiger partial charge in [0.05, 0.1) is 5.69 Å². The smallest absolute Gasteiger partial charge is 0.319 e. The molecule has 132 valence electrons. The van der Waals surface area contributed by atoms with Crippen LogP contribution in [0.5, 0.6) is 5.75 Å². The van der Waals surface area contributed by atoms with Crippen LogP contribution in [0.15, 0.2) is 72.9 Å². The lowest BCUT2D eigenvalue weighted by Crippen LogP contribution is -2.28. The topological polar surface area (TPSA) is 63.2 Å². The fourth-order valence-electron chi connectivity index (χ4n) is 2.42. The highest BCUT2D eigenvalue weighted by Gasteiger charge is 2.03. The third kappa shape index (κ3) is 5.34. The first-order valence-corrected chi connectivity index (χ1v) is 8.42. The Balaban J connectivity index is 1.46. The molecule has 0 saturated heterocycles. The molecule has 2 N–H and O–H groups in total. The van der Waals surface area contributed by atoms with Crippen molar-refractivity contribution in [3.63, 3.8) is 0 Å². The molecule has 0 atom stereocenters. The maximum absolute atomic E-state index is 12.0. The third-order valence-electron chi connectivity index (χ3n) is 3.77. The zero-order chi connectivity index (χ0) is 18.2. The molecule has 2 amide bonds. The molecule has 0 aliphatic heterocycles. The van der Waals surface area contributed by atoms with Gasteiger partial charge in [0.1, 0.15) is 12.4 Å². The van der Waals surface area contributed by atoms with Gasteiger partial charge in [-0.3, -0.25) is 4.98 Å². The van der Waals surface area contributed by atoms with Crippen molar-refractivity contribution in [1.82, 2.24) is 10.3 Å². The van der Waals surface area contributed by atoms with Crippen LogP contribution in [0, 0.1) is 6.92 Å². The highest BCUT2D eigenvalue weighted by atomic mass is 16.5. The van der Waals surface area contributed by atoms with Crippen molar-refractivity contribution in [2.24, 2.45) is 0 Å². The molecule has 0 saturated carbocycles. The minimum Gasteiger partial charge on any atom is -0.487 e. The summed E-state index contributed by atoms with van der Waals surface area (Å²) in [5.41, 5.74) is 3.76. The van der Waals surface area contributed by atoms with Gasteiger partial charge in [-0.1, -0.05) is 30.3 Å². The summed E-state index contributed by atoms with van der Waals surface area (Å²) in [4.78, 5) is 16.2. The molecule has 1 heterocycles. The van der Waals surface area contributed by atoms with E-state index in [2.05, 4.69) is 15.6 Å². The van der Waals surface area contributed by atoms with Crippen LogP contribution in [-0.2, 0) is 13.2 Å². The third-order valence-corrected chi connectivity index (χ3v) is 3.77. The fraction of sp³-hybridized carbons (Fsp3) is 0.143. The zero-order valence-corrected chi connectivity index (χ0v) is 14.6. The molecule has 0 radical (unpaired) electrons. The number of urea groups is 1. The quantitative estimate of drug-likeness (QED) is 0.699. The molecule has 5 nitrogen and oxygen atoms in total. The lowest BCUT2D eigenvalue weighted by molar-refractivity contribution is 0.251.